The van der Waals surface area contributed by atoms with Crippen molar-refractivity contribution in [3.63, 3.8) is 0 Å². The van der Waals surface area contributed by atoms with Gasteiger partial charge in [0.05, 0.1) is 17.5 Å². The average Bonchev–Trinajstić information content (AvgIpc) is 3.04. The lowest BCUT2D eigenvalue weighted by Crippen LogP contribution is -1.90. The molecular weight excluding hydrogens is 279 g/mol. The predicted molar refractivity (Wildman–Crippen MR) is 82.5 cm³/mol. The molecule has 4 nitrogen and oxygen atoms in total. The van der Waals surface area contributed by atoms with Gasteiger partial charge in [-0.3, -0.25) is 4.98 Å². The normalized spacial score (nSPS) is 11.0. The Morgan fingerprint density at radius 2 is 1.68 bits per heavy atom. The van der Waals surface area contributed by atoms with Crippen LogP contribution in [0.4, 0.5) is 4.39 Å². The van der Waals surface area contributed by atoms with Gasteiger partial charge in [0.15, 0.2) is 5.65 Å². The van der Waals surface area contributed by atoms with Crippen molar-refractivity contribution < 1.29 is 4.39 Å². The maximum atomic E-state index is 13.1. The number of nitrogens with zero attached hydrogens (tertiary/aromatic N) is 3. The maximum absolute atomic E-state index is 13.1. The molecule has 3 aromatic heterocycles. The van der Waals surface area contributed by atoms with Gasteiger partial charge in [0.25, 0.3) is 0 Å². The molecule has 0 aliphatic carbocycles. The molecular formula is C17H11FN4. The highest BCUT2D eigenvalue weighted by Gasteiger charge is 2.11. The number of fused-ring (bicyclic) bond motifs is 1. The van der Waals surface area contributed by atoms with Gasteiger partial charge in [-0.15, -0.1) is 0 Å². The third kappa shape index (κ3) is 2.13. The van der Waals surface area contributed by atoms with Gasteiger partial charge in [-0.2, -0.15) is 0 Å². The first kappa shape index (κ1) is 12.6. The van der Waals surface area contributed by atoms with Crippen molar-refractivity contribution in [2.45, 2.75) is 0 Å². The molecule has 0 radical (unpaired) electrons. The molecule has 0 aliphatic rings. The van der Waals surface area contributed by atoms with Crippen LogP contribution < -0.4 is 0 Å². The molecule has 0 spiro atoms. The molecule has 0 fully saturated rings. The fourth-order valence-electron chi connectivity index (χ4n) is 2.45. The summed E-state index contributed by atoms with van der Waals surface area (Å²) in [5, 5.41) is 0. The fourth-order valence-corrected chi connectivity index (χ4v) is 2.45. The van der Waals surface area contributed by atoms with Crippen molar-refractivity contribution >= 4 is 11.2 Å². The molecule has 0 aliphatic heterocycles. The summed E-state index contributed by atoms with van der Waals surface area (Å²) in [6.07, 6.45) is 5.11. The van der Waals surface area contributed by atoms with E-state index in [9.17, 15) is 4.39 Å². The van der Waals surface area contributed by atoms with Crippen LogP contribution in [0.3, 0.4) is 0 Å². The van der Waals surface area contributed by atoms with Gasteiger partial charge in [-0.1, -0.05) is 0 Å². The van der Waals surface area contributed by atoms with Crippen LogP contribution in [-0.4, -0.2) is 19.9 Å². The van der Waals surface area contributed by atoms with Crippen LogP contribution in [0.1, 0.15) is 0 Å². The van der Waals surface area contributed by atoms with Crippen LogP contribution in [-0.2, 0) is 0 Å². The Balaban J connectivity index is 1.96. The van der Waals surface area contributed by atoms with E-state index in [0.29, 0.717) is 5.65 Å². The van der Waals surface area contributed by atoms with Crippen LogP contribution in [0.5, 0.6) is 0 Å². The second-order valence-electron chi connectivity index (χ2n) is 4.90. The van der Waals surface area contributed by atoms with E-state index in [1.807, 2.05) is 18.2 Å². The number of imidazole rings is 1. The van der Waals surface area contributed by atoms with Crippen molar-refractivity contribution in [3.05, 3.63) is 67.0 Å². The highest BCUT2D eigenvalue weighted by molar-refractivity contribution is 5.92. The van der Waals surface area contributed by atoms with E-state index in [4.69, 9.17) is 0 Å². The van der Waals surface area contributed by atoms with Gasteiger partial charge in [-0.25, -0.2) is 14.4 Å². The third-order valence-corrected chi connectivity index (χ3v) is 3.53. The Morgan fingerprint density at radius 1 is 0.909 bits per heavy atom. The topological polar surface area (TPSA) is 54.5 Å². The van der Waals surface area contributed by atoms with E-state index < -0.39 is 0 Å². The quantitative estimate of drug-likeness (QED) is 0.610. The minimum absolute atomic E-state index is 0.265. The molecule has 0 saturated heterocycles. The largest absolute Gasteiger partial charge is 0.343 e. The molecule has 22 heavy (non-hydrogen) atoms. The van der Waals surface area contributed by atoms with Gasteiger partial charge in [0.2, 0.25) is 0 Å². The first-order chi connectivity index (χ1) is 10.8. The molecule has 1 aromatic carbocycles. The lowest BCUT2D eigenvalue weighted by Gasteiger charge is -2.07. The second-order valence-corrected chi connectivity index (χ2v) is 4.90. The highest BCUT2D eigenvalue weighted by Crippen LogP contribution is 2.30. The Hall–Kier alpha value is -3.08. The number of nitrogens with one attached hydrogen (secondary N) is 1. The molecule has 4 rings (SSSR count). The van der Waals surface area contributed by atoms with Gasteiger partial charge in [0, 0.05) is 23.5 Å². The zero-order chi connectivity index (χ0) is 14.9. The predicted octanol–water partition coefficient (Wildman–Crippen LogP) is 3.83. The molecule has 1 N–H and O–H groups in total. The summed E-state index contributed by atoms with van der Waals surface area (Å²) >= 11 is 0. The van der Waals surface area contributed by atoms with Gasteiger partial charge in [0.1, 0.15) is 5.82 Å². The molecule has 0 saturated carbocycles. The van der Waals surface area contributed by atoms with E-state index in [2.05, 4.69) is 19.9 Å². The Kier molecular flexibility index (Phi) is 2.89. The maximum Gasteiger partial charge on any atom is 0.178 e. The fraction of sp³-hybridized carbons (Fsp3) is 0. The number of aromatic amines is 1. The minimum atomic E-state index is -0.265. The van der Waals surface area contributed by atoms with Gasteiger partial charge >= 0.3 is 0 Å². The van der Waals surface area contributed by atoms with Crippen molar-refractivity contribution in [3.8, 4) is 22.4 Å². The summed E-state index contributed by atoms with van der Waals surface area (Å²) in [5.74, 6) is -0.265. The number of benzene rings is 1. The first-order valence-corrected chi connectivity index (χ1v) is 6.82. The minimum Gasteiger partial charge on any atom is -0.343 e. The van der Waals surface area contributed by atoms with E-state index in [1.54, 1.807) is 30.9 Å². The van der Waals surface area contributed by atoms with E-state index in [-0.39, 0.29) is 5.82 Å². The summed E-state index contributed by atoms with van der Waals surface area (Å²) < 4.78 is 13.1. The van der Waals surface area contributed by atoms with Gasteiger partial charge in [-0.05, 0) is 48.0 Å². The number of hydrogen-bond donors (Lipinski definition) is 1. The first-order valence-electron chi connectivity index (χ1n) is 6.82. The van der Waals surface area contributed by atoms with Crippen LogP contribution in [0.2, 0.25) is 0 Å². The molecule has 5 heteroatoms. The van der Waals surface area contributed by atoms with Crippen molar-refractivity contribution in [1.29, 1.82) is 0 Å². The van der Waals surface area contributed by atoms with Crippen LogP contribution in [0, 0.1) is 5.82 Å². The Labute approximate surface area is 125 Å². The number of H-pyrrole nitrogens is 1. The van der Waals surface area contributed by atoms with Gasteiger partial charge < -0.3 is 4.98 Å². The number of halogens is 1. The number of hydrogen-bond acceptors (Lipinski definition) is 3. The van der Waals surface area contributed by atoms with E-state index in [1.165, 1.54) is 12.1 Å². The summed E-state index contributed by atoms with van der Waals surface area (Å²) in [6, 6.07) is 12.1. The standard InChI is InChI=1S/C17H11FN4/c18-13-3-1-12(2-4-13)15-9-14(11-5-7-19-8-6-11)16-17(22-15)21-10-20-16/h1-10H,(H,20,21,22). The molecule has 3 heterocycles. The monoisotopic (exact) mass is 290 g/mol. The van der Waals surface area contributed by atoms with Crippen LogP contribution in [0.15, 0.2) is 61.2 Å². The van der Waals surface area contributed by atoms with Crippen molar-refractivity contribution in [1.82, 2.24) is 19.9 Å². The number of aromatic nitrogens is 4. The van der Waals surface area contributed by atoms with E-state index >= 15 is 0 Å². The summed E-state index contributed by atoms with van der Waals surface area (Å²) in [6.45, 7) is 0. The number of pyridine rings is 2. The SMILES string of the molecule is Fc1ccc(-c2cc(-c3ccncc3)c3[nH]cnc3n2)cc1. The second kappa shape index (κ2) is 5.04. The zero-order valence-electron chi connectivity index (χ0n) is 11.5. The molecule has 0 bridgehead atoms. The molecule has 4 aromatic rings. The molecule has 106 valence electrons. The number of rotatable bonds is 2. The van der Waals surface area contributed by atoms with Crippen molar-refractivity contribution in [2.24, 2.45) is 0 Å². The lowest BCUT2D eigenvalue weighted by molar-refractivity contribution is 0.628. The molecule has 0 amide bonds. The highest BCUT2D eigenvalue weighted by atomic mass is 19.1. The summed E-state index contributed by atoms with van der Waals surface area (Å²) in [5.41, 5.74) is 5.12. The Bertz CT molecular complexity index is 930. The van der Waals surface area contributed by atoms with Crippen LogP contribution in [0.25, 0.3) is 33.5 Å². The lowest BCUT2D eigenvalue weighted by atomic mass is 10.0. The van der Waals surface area contributed by atoms with Crippen molar-refractivity contribution in [2.75, 3.05) is 0 Å². The van der Waals surface area contributed by atoms with E-state index in [0.717, 1.165) is 27.9 Å². The summed E-state index contributed by atoms with van der Waals surface area (Å²) in [4.78, 5) is 16.0. The Morgan fingerprint density at radius 3 is 2.45 bits per heavy atom. The zero-order valence-corrected chi connectivity index (χ0v) is 11.5. The molecule has 0 unspecified atom stereocenters. The van der Waals surface area contributed by atoms with Crippen LogP contribution >= 0.6 is 0 Å². The molecule has 0 atom stereocenters. The third-order valence-electron chi connectivity index (χ3n) is 3.53. The summed E-state index contributed by atoms with van der Waals surface area (Å²) in [7, 11) is 0. The average molecular weight is 290 g/mol. The smallest absolute Gasteiger partial charge is 0.178 e.